The van der Waals surface area contributed by atoms with E-state index in [1.54, 1.807) is 0 Å². The van der Waals surface area contributed by atoms with Gasteiger partial charge in [0.15, 0.2) is 0 Å². The summed E-state index contributed by atoms with van der Waals surface area (Å²) in [5.74, 6) is 1.24. The highest BCUT2D eigenvalue weighted by molar-refractivity contribution is 7.09. The molecule has 2 rings (SSSR count). The fourth-order valence-electron chi connectivity index (χ4n) is 2.01. The molecule has 5 heteroatoms. The highest BCUT2D eigenvalue weighted by atomic mass is 32.1. The van der Waals surface area contributed by atoms with Gasteiger partial charge in [-0.2, -0.15) is 9.36 Å². The summed E-state index contributed by atoms with van der Waals surface area (Å²) >= 11 is 1.41. The Labute approximate surface area is 88.3 Å². The van der Waals surface area contributed by atoms with Crippen LogP contribution in [-0.2, 0) is 0 Å². The molecular formula is C9H16N4S. The van der Waals surface area contributed by atoms with Crippen molar-refractivity contribution >= 4 is 22.6 Å². The SMILES string of the molecule is CCCC1CCN(c2nc(N)ns2)C1. The lowest BCUT2D eigenvalue weighted by molar-refractivity contribution is 0.530. The Morgan fingerprint density at radius 1 is 1.64 bits per heavy atom. The van der Waals surface area contributed by atoms with Crippen LogP contribution in [0, 0.1) is 5.92 Å². The highest BCUT2D eigenvalue weighted by Gasteiger charge is 2.23. The molecule has 2 heterocycles. The average Bonchev–Trinajstić information content (AvgIpc) is 2.74. The van der Waals surface area contributed by atoms with Gasteiger partial charge in [0.2, 0.25) is 11.1 Å². The molecule has 1 aliphatic rings. The van der Waals surface area contributed by atoms with E-state index >= 15 is 0 Å². The Bertz CT molecular complexity index is 299. The van der Waals surface area contributed by atoms with Crippen LogP contribution in [0.4, 0.5) is 11.1 Å². The van der Waals surface area contributed by atoms with E-state index in [0.29, 0.717) is 5.95 Å². The molecule has 0 aromatic carbocycles. The van der Waals surface area contributed by atoms with Gasteiger partial charge in [-0.1, -0.05) is 13.3 Å². The van der Waals surface area contributed by atoms with Gasteiger partial charge in [-0.3, -0.25) is 0 Å². The van der Waals surface area contributed by atoms with Gasteiger partial charge in [0.05, 0.1) is 0 Å². The Hall–Kier alpha value is -0.840. The summed E-state index contributed by atoms with van der Waals surface area (Å²) in [4.78, 5) is 6.50. The maximum atomic E-state index is 5.50. The summed E-state index contributed by atoms with van der Waals surface area (Å²) in [6.45, 7) is 4.48. The molecule has 1 fully saturated rings. The number of aromatic nitrogens is 2. The van der Waals surface area contributed by atoms with Gasteiger partial charge in [0.25, 0.3) is 0 Å². The van der Waals surface area contributed by atoms with Crippen molar-refractivity contribution in [1.82, 2.24) is 9.36 Å². The second kappa shape index (κ2) is 4.13. The van der Waals surface area contributed by atoms with Crippen LogP contribution in [0.15, 0.2) is 0 Å². The van der Waals surface area contributed by atoms with Crippen LogP contribution < -0.4 is 10.6 Å². The molecule has 2 N–H and O–H groups in total. The first-order valence-electron chi connectivity index (χ1n) is 5.13. The van der Waals surface area contributed by atoms with Gasteiger partial charge in [-0.25, -0.2) is 0 Å². The zero-order valence-electron chi connectivity index (χ0n) is 8.44. The summed E-state index contributed by atoms with van der Waals surface area (Å²) in [7, 11) is 0. The fraction of sp³-hybridized carbons (Fsp3) is 0.778. The Kier molecular flexibility index (Phi) is 2.86. The van der Waals surface area contributed by atoms with E-state index in [1.807, 2.05) is 0 Å². The highest BCUT2D eigenvalue weighted by Crippen LogP contribution is 2.27. The zero-order chi connectivity index (χ0) is 9.97. The Morgan fingerprint density at radius 3 is 3.14 bits per heavy atom. The number of anilines is 2. The van der Waals surface area contributed by atoms with Crippen LogP contribution in [-0.4, -0.2) is 22.4 Å². The fourth-order valence-corrected chi connectivity index (χ4v) is 2.64. The second-order valence-corrected chi connectivity index (χ2v) is 4.55. The van der Waals surface area contributed by atoms with Crippen molar-refractivity contribution in [2.24, 2.45) is 5.92 Å². The zero-order valence-corrected chi connectivity index (χ0v) is 9.26. The van der Waals surface area contributed by atoms with Gasteiger partial charge in [0, 0.05) is 24.6 Å². The molecule has 0 saturated carbocycles. The third-order valence-electron chi connectivity index (χ3n) is 2.68. The lowest BCUT2D eigenvalue weighted by atomic mass is 10.0. The predicted molar refractivity (Wildman–Crippen MR) is 59.5 cm³/mol. The van der Waals surface area contributed by atoms with Gasteiger partial charge in [-0.05, 0) is 18.8 Å². The molecule has 78 valence electrons. The van der Waals surface area contributed by atoms with Crippen molar-refractivity contribution in [1.29, 1.82) is 0 Å². The second-order valence-electron chi connectivity index (χ2n) is 3.82. The normalized spacial score (nSPS) is 21.8. The van der Waals surface area contributed by atoms with E-state index in [4.69, 9.17) is 5.73 Å². The minimum Gasteiger partial charge on any atom is -0.367 e. The van der Waals surface area contributed by atoms with E-state index in [0.717, 1.165) is 24.1 Å². The minimum atomic E-state index is 0.406. The summed E-state index contributed by atoms with van der Waals surface area (Å²) < 4.78 is 4.00. The lowest BCUT2D eigenvalue weighted by Gasteiger charge is -2.13. The van der Waals surface area contributed by atoms with E-state index < -0.39 is 0 Å². The van der Waals surface area contributed by atoms with Crippen LogP contribution in [0.5, 0.6) is 0 Å². The van der Waals surface area contributed by atoms with Crippen molar-refractivity contribution < 1.29 is 0 Å². The first-order valence-corrected chi connectivity index (χ1v) is 5.91. The maximum absolute atomic E-state index is 5.50. The number of nitrogen functional groups attached to an aromatic ring is 1. The summed E-state index contributed by atoms with van der Waals surface area (Å²) in [5.41, 5.74) is 5.50. The molecular weight excluding hydrogens is 196 g/mol. The number of rotatable bonds is 3. The first-order chi connectivity index (χ1) is 6.79. The van der Waals surface area contributed by atoms with Crippen LogP contribution in [0.3, 0.4) is 0 Å². The quantitative estimate of drug-likeness (QED) is 0.829. The Balaban J connectivity index is 1.95. The standard InChI is InChI=1S/C9H16N4S/c1-2-3-7-4-5-13(6-7)9-11-8(10)12-14-9/h7H,2-6H2,1H3,(H2,10,12). The Morgan fingerprint density at radius 2 is 2.50 bits per heavy atom. The van der Waals surface area contributed by atoms with E-state index in [9.17, 15) is 0 Å². The van der Waals surface area contributed by atoms with Crippen LogP contribution in [0.25, 0.3) is 0 Å². The average molecular weight is 212 g/mol. The summed E-state index contributed by atoms with van der Waals surface area (Å²) in [6.07, 6.45) is 3.88. The first kappa shape index (κ1) is 9.71. The van der Waals surface area contributed by atoms with Crippen molar-refractivity contribution in [2.75, 3.05) is 23.7 Å². The van der Waals surface area contributed by atoms with Gasteiger partial charge >= 0.3 is 0 Å². The molecule has 1 saturated heterocycles. The molecule has 1 unspecified atom stereocenters. The van der Waals surface area contributed by atoms with Crippen molar-refractivity contribution in [3.63, 3.8) is 0 Å². The molecule has 1 aromatic rings. The molecule has 0 spiro atoms. The molecule has 1 aliphatic heterocycles. The smallest absolute Gasteiger partial charge is 0.233 e. The van der Waals surface area contributed by atoms with Crippen LogP contribution >= 0.6 is 11.5 Å². The van der Waals surface area contributed by atoms with E-state index in [1.165, 1.54) is 30.8 Å². The molecule has 14 heavy (non-hydrogen) atoms. The van der Waals surface area contributed by atoms with E-state index in [2.05, 4.69) is 21.2 Å². The number of nitrogens with two attached hydrogens (primary N) is 1. The monoisotopic (exact) mass is 212 g/mol. The minimum absolute atomic E-state index is 0.406. The molecule has 0 radical (unpaired) electrons. The number of hydrogen-bond acceptors (Lipinski definition) is 5. The van der Waals surface area contributed by atoms with Crippen molar-refractivity contribution in [3.05, 3.63) is 0 Å². The lowest BCUT2D eigenvalue weighted by Crippen LogP contribution is -2.19. The molecule has 1 atom stereocenters. The molecule has 0 bridgehead atoms. The van der Waals surface area contributed by atoms with Crippen LogP contribution in [0.1, 0.15) is 26.2 Å². The van der Waals surface area contributed by atoms with Gasteiger partial charge < -0.3 is 10.6 Å². The molecule has 0 amide bonds. The van der Waals surface area contributed by atoms with Crippen LogP contribution in [0.2, 0.25) is 0 Å². The van der Waals surface area contributed by atoms with Crippen molar-refractivity contribution in [2.45, 2.75) is 26.2 Å². The third kappa shape index (κ3) is 1.97. The van der Waals surface area contributed by atoms with Crippen molar-refractivity contribution in [3.8, 4) is 0 Å². The summed E-state index contributed by atoms with van der Waals surface area (Å²) in [5, 5.41) is 0.987. The number of hydrogen-bond donors (Lipinski definition) is 1. The maximum Gasteiger partial charge on any atom is 0.233 e. The third-order valence-corrected chi connectivity index (χ3v) is 3.48. The summed E-state index contributed by atoms with van der Waals surface area (Å²) in [6, 6.07) is 0. The molecule has 0 aliphatic carbocycles. The predicted octanol–water partition coefficient (Wildman–Crippen LogP) is 1.75. The van der Waals surface area contributed by atoms with Gasteiger partial charge in [0.1, 0.15) is 0 Å². The number of nitrogens with zero attached hydrogens (tertiary/aromatic N) is 3. The van der Waals surface area contributed by atoms with Gasteiger partial charge in [-0.15, -0.1) is 0 Å². The largest absolute Gasteiger partial charge is 0.367 e. The van der Waals surface area contributed by atoms with E-state index in [-0.39, 0.29) is 0 Å². The molecule has 4 nitrogen and oxygen atoms in total. The topological polar surface area (TPSA) is 55.0 Å². The molecule has 1 aromatic heterocycles.